The van der Waals surface area contributed by atoms with E-state index >= 15 is 0 Å². The number of hydrogen-bond acceptors (Lipinski definition) is 4. The Balaban J connectivity index is 1.89. The highest BCUT2D eigenvalue weighted by atomic mass is 32.2. The summed E-state index contributed by atoms with van der Waals surface area (Å²) in [6.45, 7) is 9.13. The Hall–Kier alpha value is -2.28. The largest absolute Gasteiger partial charge is 0.325 e. The average Bonchev–Trinajstić information content (AvgIpc) is 2.81. The van der Waals surface area contributed by atoms with E-state index in [2.05, 4.69) is 34.0 Å². The van der Waals surface area contributed by atoms with E-state index in [9.17, 15) is 9.59 Å². The number of benzene rings is 1. The fraction of sp³-hybridized carbons (Fsp3) is 0.389. The third-order valence-electron chi connectivity index (χ3n) is 3.59. The lowest BCUT2D eigenvalue weighted by molar-refractivity contribution is -0.117. The predicted octanol–water partition coefficient (Wildman–Crippen LogP) is 3.60. The van der Waals surface area contributed by atoms with Crippen molar-refractivity contribution in [3.05, 3.63) is 41.7 Å². The van der Waals surface area contributed by atoms with Crippen molar-refractivity contribution in [1.82, 2.24) is 14.9 Å². The predicted molar refractivity (Wildman–Crippen MR) is 101 cm³/mol. The maximum atomic E-state index is 12.0. The number of urea groups is 1. The van der Waals surface area contributed by atoms with Crippen LogP contribution in [0.5, 0.6) is 0 Å². The number of hydrogen-bond donors (Lipinski definition) is 2. The monoisotopic (exact) mass is 360 g/mol. The smallest absolute Gasteiger partial charge is 0.323 e. The number of carbonyl (C=O) groups excluding carboxylic acids is 2. The first-order valence-electron chi connectivity index (χ1n) is 8.19. The summed E-state index contributed by atoms with van der Waals surface area (Å²) in [5.41, 5.74) is 2.71. The molecule has 2 aromatic rings. The van der Waals surface area contributed by atoms with Crippen LogP contribution in [0.4, 0.5) is 10.5 Å². The molecule has 1 aromatic carbocycles. The first-order chi connectivity index (χ1) is 11.9. The molecule has 6 nitrogen and oxygen atoms in total. The van der Waals surface area contributed by atoms with Crippen LogP contribution in [-0.4, -0.2) is 27.2 Å². The molecular weight excluding hydrogens is 336 g/mol. The molecular formula is C18H24N4O2S. The molecule has 134 valence electrons. The zero-order valence-electron chi connectivity index (χ0n) is 15.0. The van der Waals surface area contributed by atoms with Gasteiger partial charge in [-0.3, -0.25) is 10.1 Å². The molecule has 1 heterocycles. The van der Waals surface area contributed by atoms with Crippen LogP contribution in [0.15, 0.2) is 35.5 Å². The second kappa shape index (κ2) is 8.71. The Morgan fingerprint density at radius 2 is 1.88 bits per heavy atom. The van der Waals surface area contributed by atoms with Gasteiger partial charge in [0.15, 0.2) is 5.16 Å². The standard InChI is InChI=1S/C18H24N4O2S/c1-12(2)10-22-14(4)13(3)19-18(22)25-11-16(23)21-17(24)20-15-8-6-5-7-9-15/h5-9,12H,10-11H2,1-4H3,(H2,20,21,23,24). The lowest BCUT2D eigenvalue weighted by atomic mass is 10.2. The highest BCUT2D eigenvalue weighted by Gasteiger charge is 2.15. The maximum absolute atomic E-state index is 12.0. The summed E-state index contributed by atoms with van der Waals surface area (Å²) in [4.78, 5) is 28.4. The van der Waals surface area contributed by atoms with Crippen LogP contribution in [0.2, 0.25) is 0 Å². The molecule has 0 saturated heterocycles. The lowest BCUT2D eigenvalue weighted by Crippen LogP contribution is -2.35. The van der Waals surface area contributed by atoms with Gasteiger partial charge in [-0.25, -0.2) is 9.78 Å². The average molecular weight is 360 g/mol. The Morgan fingerprint density at radius 1 is 1.20 bits per heavy atom. The Labute approximate surface area is 152 Å². The van der Waals surface area contributed by atoms with E-state index in [1.165, 1.54) is 11.8 Å². The number of aromatic nitrogens is 2. The first kappa shape index (κ1) is 19.1. The number of carbonyl (C=O) groups is 2. The van der Waals surface area contributed by atoms with Gasteiger partial charge in [-0.05, 0) is 31.9 Å². The number of imide groups is 1. The molecule has 0 fully saturated rings. The topological polar surface area (TPSA) is 76.0 Å². The van der Waals surface area contributed by atoms with Crippen molar-refractivity contribution in [3.8, 4) is 0 Å². The number of nitrogens with one attached hydrogen (secondary N) is 2. The molecule has 3 amide bonds. The van der Waals surface area contributed by atoms with Gasteiger partial charge in [-0.15, -0.1) is 0 Å². The molecule has 0 bridgehead atoms. The van der Waals surface area contributed by atoms with Crippen LogP contribution in [0, 0.1) is 19.8 Å². The van der Waals surface area contributed by atoms with E-state index in [4.69, 9.17) is 0 Å². The van der Waals surface area contributed by atoms with E-state index in [0.29, 0.717) is 11.6 Å². The molecule has 2 rings (SSSR count). The van der Waals surface area contributed by atoms with Crippen molar-refractivity contribution in [2.75, 3.05) is 11.1 Å². The fourth-order valence-electron chi connectivity index (χ4n) is 2.29. The Morgan fingerprint density at radius 3 is 2.52 bits per heavy atom. The minimum atomic E-state index is -0.533. The summed E-state index contributed by atoms with van der Waals surface area (Å²) in [5, 5.41) is 5.76. The van der Waals surface area contributed by atoms with E-state index in [-0.39, 0.29) is 11.7 Å². The van der Waals surface area contributed by atoms with Crippen LogP contribution < -0.4 is 10.6 Å². The number of thioether (sulfide) groups is 1. The normalized spacial score (nSPS) is 10.8. The van der Waals surface area contributed by atoms with Gasteiger partial charge in [-0.2, -0.15) is 0 Å². The van der Waals surface area contributed by atoms with Crippen molar-refractivity contribution in [2.45, 2.75) is 39.4 Å². The van der Waals surface area contributed by atoms with Crippen LogP contribution >= 0.6 is 11.8 Å². The van der Waals surface area contributed by atoms with E-state index in [0.717, 1.165) is 23.1 Å². The van der Waals surface area contributed by atoms with Crippen molar-refractivity contribution < 1.29 is 9.59 Å². The van der Waals surface area contributed by atoms with Crippen LogP contribution in [0.1, 0.15) is 25.2 Å². The van der Waals surface area contributed by atoms with Gasteiger partial charge in [0.25, 0.3) is 0 Å². The van der Waals surface area contributed by atoms with Gasteiger partial charge >= 0.3 is 6.03 Å². The lowest BCUT2D eigenvalue weighted by Gasteiger charge is -2.12. The summed E-state index contributed by atoms with van der Waals surface area (Å²) in [7, 11) is 0. The molecule has 0 atom stereocenters. The second-order valence-corrected chi connectivity index (χ2v) is 7.17. The zero-order valence-corrected chi connectivity index (χ0v) is 15.8. The number of anilines is 1. The fourth-order valence-corrected chi connectivity index (χ4v) is 3.19. The summed E-state index contributed by atoms with van der Waals surface area (Å²) in [6, 6.07) is 8.46. The van der Waals surface area contributed by atoms with Gasteiger partial charge in [-0.1, -0.05) is 43.8 Å². The number of imidazole rings is 1. The highest BCUT2D eigenvalue weighted by Crippen LogP contribution is 2.22. The SMILES string of the molecule is Cc1nc(SCC(=O)NC(=O)Nc2ccccc2)n(CC(C)C)c1C. The molecule has 7 heteroatoms. The third kappa shape index (κ3) is 5.63. The summed E-state index contributed by atoms with van der Waals surface area (Å²) >= 11 is 1.34. The minimum absolute atomic E-state index is 0.135. The Kier molecular flexibility index (Phi) is 6.64. The van der Waals surface area contributed by atoms with Crippen LogP contribution in [0.25, 0.3) is 0 Å². The van der Waals surface area contributed by atoms with Gasteiger partial charge in [0.05, 0.1) is 11.4 Å². The van der Waals surface area contributed by atoms with Crippen molar-refractivity contribution in [2.24, 2.45) is 5.92 Å². The Bertz CT molecular complexity index is 741. The van der Waals surface area contributed by atoms with Crippen LogP contribution in [-0.2, 0) is 11.3 Å². The number of amides is 3. The van der Waals surface area contributed by atoms with Gasteiger partial charge < -0.3 is 9.88 Å². The second-order valence-electron chi connectivity index (χ2n) is 6.23. The molecule has 2 N–H and O–H groups in total. The molecule has 0 unspecified atom stereocenters. The summed E-state index contributed by atoms with van der Waals surface area (Å²) in [6.07, 6.45) is 0. The number of aryl methyl sites for hydroxylation is 1. The first-order valence-corrected chi connectivity index (χ1v) is 9.17. The summed E-state index contributed by atoms with van der Waals surface area (Å²) in [5.74, 6) is 0.265. The van der Waals surface area contributed by atoms with E-state index < -0.39 is 6.03 Å². The van der Waals surface area contributed by atoms with E-state index in [1.807, 2.05) is 32.0 Å². The zero-order chi connectivity index (χ0) is 18.4. The number of para-hydroxylation sites is 1. The molecule has 0 aliphatic rings. The van der Waals surface area contributed by atoms with Gasteiger partial charge in [0, 0.05) is 17.9 Å². The molecule has 0 aliphatic carbocycles. The molecule has 0 radical (unpaired) electrons. The molecule has 1 aromatic heterocycles. The van der Waals surface area contributed by atoms with E-state index in [1.54, 1.807) is 12.1 Å². The number of nitrogens with zero attached hydrogens (tertiary/aromatic N) is 2. The molecule has 0 spiro atoms. The molecule has 0 saturated carbocycles. The molecule has 25 heavy (non-hydrogen) atoms. The van der Waals surface area contributed by atoms with Crippen LogP contribution in [0.3, 0.4) is 0 Å². The van der Waals surface area contributed by atoms with Gasteiger partial charge in [0.2, 0.25) is 5.91 Å². The van der Waals surface area contributed by atoms with Crippen molar-refractivity contribution >= 4 is 29.4 Å². The maximum Gasteiger partial charge on any atom is 0.325 e. The van der Waals surface area contributed by atoms with Gasteiger partial charge in [0.1, 0.15) is 0 Å². The minimum Gasteiger partial charge on any atom is -0.323 e. The quantitative estimate of drug-likeness (QED) is 0.772. The third-order valence-corrected chi connectivity index (χ3v) is 4.56. The van der Waals surface area contributed by atoms with Crippen molar-refractivity contribution in [3.63, 3.8) is 0 Å². The number of rotatable bonds is 6. The highest BCUT2D eigenvalue weighted by molar-refractivity contribution is 7.99. The van der Waals surface area contributed by atoms with Crippen molar-refractivity contribution in [1.29, 1.82) is 0 Å². The summed E-state index contributed by atoms with van der Waals surface area (Å²) < 4.78 is 2.13. The molecule has 0 aliphatic heterocycles.